The SMILES string of the molecule is Clc1ccc(COc2c(Cl)cc(Cl)cc2/C=N\n2cnnc2)c(Cl)c1. The van der Waals surface area contributed by atoms with E-state index in [0.717, 1.165) is 5.56 Å². The maximum atomic E-state index is 6.27. The highest BCUT2D eigenvalue weighted by Gasteiger charge is 2.11. The molecule has 9 heteroatoms. The number of hydrogen-bond acceptors (Lipinski definition) is 4. The van der Waals surface area contributed by atoms with Crippen LogP contribution < -0.4 is 4.74 Å². The van der Waals surface area contributed by atoms with E-state index in [1.165, 1.54) is 17.3 Å². The van der Waals surface area contributed by atoms with Crippen LogP contribution in [0.4, 0.5) is 0 Å². The molecule has 0 saturated heterocycles. The molecule has 5 nitrogen and oxygen atoms in total. The zero-order chi connectivity index (χ0) is 17.8. The van der Waals surface area contributed by atoms with Crippen LogP contribution in [0.5, 0.6) is 5.75 Å². The van der Waals surface area contributed by atoms with Crippen LogP contribution in [-0.4, -0.2) is 21.1 Å². The van der Waals surface area contributed by atoms with E-state index < -0.39 is 0 Å². The molecule has 0 aliphatic carbocycles. The van der Waals surface area contributed by atoms with E-state index in [4.69, 9.17) is 51.1 Å². The molecule has 128 valence electrons. The molecule has 25 heavy (non-hydrogen) atoms. The van der Waals surface area contributed by atoms with Gasteiger partial charge in [0.1, 0.15) is 25.0 Å². The standard InChI is InChI=1S/C16H10Cl4N4O/c17-12-2-1-10(14(19)4-12)7-25-16-11(3-13(18)5-15(16)20)6-23-24-8-21-22-9-24/h1-6,8-9H,7H2/b23-6-. The molecule has 0 N–H and O–H groups in total. The predicted molar refractivity (Wildman–Crippen MR) is 100 cm³/mol. The molecule has 0 fully saturated rings. The molecule has 0 aliphatic rings. The van der Waals surface area contributed by atoms with Crippen molar-refractivity contribution in [2.24, 2.45) is 5.10 Å². The van der Waals surface area contributed by atoms with Gasteiger partial charge in [0.05, 0.1) is 11.2 Å². The number of ether oxygens (including phenoxy) is 1. The minimum atomic E-state index is 0.213. The van der Waals surface area contributed by atoms with Crippen molar-refractivity contribution in [1.82, 2.24) is 14.9 Å². The zero-order valence-corrected chi connectivity index (χ0v) is 15.6. The maximum Gasteiger partial charge on any atom is 0.147 e. The summed E-state index contributed by atoms with van der Waals surface area (Å²) in [5, 5.41) is 13.4. The smallest absolute Gasteiger partial charge is 0.147 e. The topological polar surface area (TPSA) is 52.3 Å². The molecule has 0 radical (unpaired) electrons. The van der Waals surface area contributed by atoms with Crippen LogP contribution in [0.1, 0.15) is 11.1 Å². The predicted octanol–water partition coefficient (Wildman–Crippen LogP) is 5.35. The molecule has 0 aliphatic heterocycles. The minimum Gasteiger partial charge on any atom is -0.487 e. The Balaban J connectivity index is 1.87. The molecule has 1 heterocycles. The van der Waals surface area contributed by atoms with Gasteiger partial charge < -0.3 is 4.74 Å². The number of benzene rings is 2. The number of aromatic nitrogens is 3. The first kappa shape index (κ1) is 18.0. The van der Waals surface area contributed by atoms with Gasteiger partial charge in [-0.2, -0.15) is 5.10 Å². The van der Waals surface area contributed by atoms with E-state index in [1.54, 1.807) is 36.5 Å². The molecule has 3 aromatic rings. The molecule has 0 unspecified atom stereocenters. The second kappa shape index (κ2) is 8.06. The van der Waals surface area contributed by atoms with Gasteiger partial charge in [0.15, 0.2) is 0 Å². The van der Waals surface area contributed by atoms with Crippen LogP contribution in [-0.2, 0) is 6.61 Å². The molecule has 1 aromatic heterocycles. The quantitative estimate of drug-likeness (QED) is 0.527. The molecular formula is C16H10Cl4N4O. The summed E-state index contributed by atoms with van der Waals surface area (Å²) in [6, 6.07) is 8.47. The van der Waals surface area contributed by atoms with Gasteiger partial charge in [-0.15, -0.1) is 10.2 Å². The van der Waals surface area contributed by atoms with Crippen molar-refractivity contribution in [2.45, 2.75) is 6.61 Å². The van der Waals surface area contributed by atoms with E-state index in [0.29, 0.717) is 31.4 Å². The molecule has 0 atom stereocenters. The van der Waals surface area contributed by atoms with E-state index in [2.05, 4.69) is 15.3 Å². The normalized spacial score (nSPS) is 11.2. The highest BCUT2D eigenvalue weighted by atomic mass is 35.5. The van der Waals surface area contributed by atoms with Crippen LogP contribution in [0.3, 0.4) is 0 Å². The van der Waals surface area contributed by atoms with E-state index >= 15 is 0 Å². The molecule has 0 saturated carbocycles. The zero-order valence-electron chi connectivity index (χ0n) is 12.5. The molecule has 0 spiro atoms. The van der Waals surface area contributed by atoms with Crippen LogP contribution in [0.2, 0.25) is 20.1 Å². The van der Waals surface area contributed by atoms with Crippen molar-refractivity contribution in [1.29, 1.82) is 0 Å². The Morgan fingerprint density at radius 3 is 2.40 bits per heavy atom. The maximum absolute atomic E-state index is 6.27. The van der Waals surface area contributed by atoms with Crippen molar-refractivity contribution in [2.75, 3.05) is 0 Å². The van der Waals surface area contributed by atoms with Gasteiger partial charge >= 0.3 is 0 Å². The van der Waals surface area contributed by atoms with Gasteiger partial charge in [-0.25, -0.2) is 4.68 Å². The van der Waals surface area contributed by atoms with E-state index in [9.17, 15) is 0 Å². The van der Waals surface area contributed by atoms with Gasteiger partial charge in [0.2, 0.25) is 0 Å². The van der Waals surface area contributed by atoms with Gasteiger partial charge in [0, 0.05) is 26.2 Å². The van der Waals surface area contributed by atoms with Crippen molar-refractivity contribution in [3.05, 3.63) is 74.2 Å². The van der Waals surface area contributed by atoms with Crippen LogP contribution >= 0.6 is 46.4 Å². The molecule has 2 aromatic carbocycles. The third-order valence-electron chi connectivity index (χ3n) is 3.16. The summed E-state index contributed by atoms with van der Waals surface area (Å²) in [7, 11) is 0. The Labute approximate surface area is 163 Å². The third kappa shape index (κ3) is 4.64. The highest BCUT2D eigenvalue weighted by molar-refractivity contribution is 6.36. The lowest BCUT2D eigenvalue weighted by Gasteiger charge is -2.12. The fraction of sp³-hybridized carbons (Fsp3) is 0.0625. The second-order valence-corrected chi connectivity index (χ2v) is 6.60. The number of rotatable bonds is 5. The Hall–Kier alpha value is -1.79. The lowest BCUT2D eigenvalue weighted by Crippen LogP contribution is -2.00. The number of nitrogens with zero attached hydrogens (tertiary/aromatic N) is 4. The summed E-state index contributed by atoms with van der Waals surface area (Å²) >= 11 is 24.4. The van der Waals surface area contributed by atoms with Crippen molar-refractivity contribution < 1.29 is 4.74 Å². The first-order chi connectivity index (χ1) is 12.0. The van der Waals surface area contributed by atoms with E-state index in [1.807, 2.05) is 0 Å². The van der Waals surface area contributed by atoms with Crippen molar-refractivity contribution >= 4 is 52.6 Å². The Kier molecular flexibility index (Phi) is 5.81. The highest BCUT2D eigenvalue weighted by Crippen LogP contribution is 2.33. The van der Waals surface area contributed by atoms with Crippen molar-refractivity contribution in [3.8, 4) is 5.75 Å². The van der Waals surface area contributed by atoms with Crippen molar-refractivity contribution in [3.63, 3.8) is 0 Å². The largest absolute Gasteiger partial charge is 0.487 e. The summed E-state index contributed by atoms with van der Waals surface area (Å²) in [4.78, 5) is 0. The summed E-state index contributed by atoms with van der Waals surface area (Å²) in [5.41, 5.74) is 1.38. The Bertz CT molecular complexity index is 913. The molecule has 0 amide bonds. The van der Waals surface area contributed by atoms with Crippen LogP contribution in [0, 0.1) is 0 Å². The monoisotopic (exact) mass is 414 g/mol. The fourth-order valence-corrected chi connectivity index (χ4v) is 3.03. The average Bonchev–Trinajstić information content (AvgIpc) is 3.07. The third-order valence-corrected chi connectivity index (χ3v) is 4.25. The summed E-state index contributed by atoms with van der Waals surface area (Å²) in [6.07, 6.45) is 4.47. The minimum absolute atomic E-state index is 0.213. The molecule has 3 rings (SSSR count). The summed E-state index contributed by atoms with van der Waals surface area (Å²) < 4.78 is 7.29. The number of hydrogen-bond donors (Lipinski definition) is 0. The Morgan fingerprint density at radius 1 is 0.960 bits per heavy atom. The Morgan fingerprint density at radius 2 is 1.68 bits per heavy atom. The summed E-state index contributed by atoms with van der Waals surface area (Å²) in [5.74, 6) is 0.439. The van der Waals surface area contributed by atoms with Gasteiger partial charge in [0.25, 0.3) is 0 Å². The van der Waals surface area contributed by atoms with E-state index in [-0.39, 0.29) is 6.61 Å². The van der Waals surface area contributed by atoms with Gasteiger partial charge in [-0.1, -0.05) is 52.5 Å². The van der Waals surface area contributed by atoms with Gasteiger partial charge in [-0.3, -0.25) is 0 Å². The molecular weight excluding hydrogens is 406 g/mol. The lowest BCUT2D eigenvalue weighted by atomic mass is 10.2. The van der Waals surface area contributed by atoms with Gasteiger partial charge in [-0.05, 0) is 24.3 Å². The van der Waals surface area contributed by atoms with Crippen LogP contribution in [0.25, 0.3) is 0 Å². The second-order valence-electron chi connectivity index (χ2n) is 4.92. The summed E-state index contributed by atoms with van der Waals surface area (Å²) in [6.45, 7) is 0.213. The lowest BCUT2D eigenvalue weighted by molar-refractivity contribution is 0.306. The first-order valence-corrected chi connectivity index (χ1v) is 8.49. The average molecular weight is 416 g/mol. The van der Waals surface area contributed by atoms with Crippen LogP contribution in [0.15, 0.2) is 48.1 Å². The number of halogens is 4. The first-order valence-electron chi connectivity index (χ1n) is 6.97. The fourth-order valence-electron chi connectivity index (χ4n) is 2.00. The molecule has 0 bridgehead atoms.